The first kappa shape index (κ1) is 17.0. The molecule has 19 heavy (non-hydrogen) atoms. The minimum absolute atomic E-state index is 1.25. The van der Waals surface area contributed by atoms with Crippen molar-refractivity contribution in [1.82, 2.24) is 10.2 Å². The molecule has 0 aromatic carbocycles. The maximum absolute atomic E-state index is 3.22. The van der Waals surface area contributed by atoms with Crippen molar-refractivity contribution in [3.05, 3.63) is 0 Å². The molecule has 2 aliphatic heterocycles. The summed E-state index contributed by atoms with van der Waals surface area (Å²) in [5.41, 5.74) is 0. The summed E-state index contributed by atoms with van der Waals surface area (Å²) in [6.45, 7) is 8.90. The van der Waals surface area contributed by atoms with Gasteiger partial charge >= 0.3 is 0 Å². The third kappa shape index (κ3) is 10.4. The van der Waals surface area contributed by atoms with Crippen LogP contribution in [0, 0.1) is 0 Å². The molecule has 114 valence electrons. The maximum Gasteiger partial charge on any atom is -0.00183 e. The van der Waals surface area contributed by atoms with Crippen molar-refractivity contribution >= 4 is 0 Å². The lowest BCUT2D eigenvalue weighted by molar-refractivity contribution is 0.327. The zero-order valence-electron chi connectivity index (χ0n) is 13.3. The van der Waals surface area contributed by atoms with E-state index in [1.807, 2.05) is 0 Å². The third-order valence-corrected chi connectivity index (χ3v) is 4.23. The molecule has 2 nitrogen and oxygen atoms in total. The van der Waals surface area contributed by atoms with Gasteiger partial charge in [0.1, 0.15) is 0 Å². The van der Waals surface area contributed by atoms with Crippen LogP contribution >= 0.6 is 0 Å². The van der Waals surface area contributed by atoms with Gasteiger partial charge in [-0.25, -0.2) is 0 Å². The van der Waals surface area contributed by atoms with Gasteiger partial charge in [0.15, 0.2) is 0 Å². The van der Waals surface area contributed by atoms with E-state index in [4.69, 9.17) is 0 Å². The van der Waals surface area contributed by atoms with Gasteiger partial charge in [-0.05, 0) is 64.8 Å². The Labute approximate surface area is 121 Å². The highest BCUT2D eigenvalue weighted by molar-refractivity contribution is 4.65. The molecule has 2 saturated heterocycles. The first-order chi connectivity index (χ1) is 9.43. The number of hydrogen-bond acceptors (Lipinski definition) is 2. The van der Waals surface area contributed by atoms with Crippen molar-refractivity contribution in [2.45, 2.75) is 77.6 Å². The van der Waals surface area contributed by atoms with Crippen molar-refractivity contribution in [3.8, 4) is 0 Å². The number of rotatable bonds is 8. The van der Waals surface area contributed by atoms with E-state index in [1.54, 1.807) is 0 Å². The van der Waals surface area contributed by atoms with Crippen molar-refractivity contribution in [3.63, 3.8) is 0 Å². The van der Waals surface area contributed by atoms with E-state index in [2.05, 4.69) is 17.1 Å². The Kier molecular flexibility index (Phi) is 11.5. The van der Waals surface area contributed by atoms with Gasteiger partial charge < -0.3 is 10.2 Å². The molecule has 0 atom stereocenters. The van der Waals surface area contributed by atoms with Gasteiger partial charge in [-0.3, -0.25) is 0 Å². The Hall–Kier alpha value is -0.0800. The molecule has 0 saturated carbocycles. The Morgan fingerprint density at radius 3 is 1.84 bits per heavy atom. The van der Waals surface area contributed by atoms with Gasteiger partial charge in [0.25, 0.3) is 0 Å². The van der Waals surface area contributed by atoms with E-state index < -0.39 is 0 Å². The smallest absolute Gasteiger partial charge is 0.00183 e. The molecule has 2 aliphatic rings. The molecule has 1 N–H and O–H groups in total. The van der Waals surface area contributed by atoms with E-state index in [1.165, 1.54) is 103 Å². The summed E-state index contributed by atoms with van der Waals surface area (Å²) in [6.07, 6.45) is 15.8. The highest BCUT2D eigenvalue weighted by Crippen LogP contribution is 2.11. The number of likely N-dealkylation sites (tertiary alicyclic amines) is 1. The Morgan fingerprint density at radius 2 is 1.32 bits per heavy atom. The van der Waals surface area contributed by atoms with E-state index >= 15 is 0 Å². The van der Waals surface area contributed by atoms with E-state index in [0.717, 1.165) is 0 Å². The summed E-state index contributed by atoms with van der Waals surface area (Å²) in [4.78, 5) is 2.63. The van der Waals surface area contributed by atoms with Crippen LogP contribution < -0.4 is 5.32 Å². The van der Waals surface area contributed by atoms with Gasteiger partial charge in [0, 0.05) is 0 Å². The second kappa shape index (κ2) is 12.9. The fourth-order valence-electron chi connectivity index (χ4n) is 2.92. The van der Waals surface area contributed by atoms with Crippen LogP contribution in [0.25, 0.3) is 0 Å². The van der Waals surface area contributed by atoms with Crippen LogP contribution in [0.1, 0.15) is 77.6 Å². The molecular formula is C17H36N2. The Bertz CT molecular complexity index is 164. The Morgan fingerprint density at radius 1 is 0.737 bits per heavy atom. The Balaban J connectivity index is 0.000000300. The minimum Gasteiger partial charge on any atom is -0.317 e. The minimum atomic E-state index is 1.25. The molecule has 0 aliphatic carbocycles. The number of unbranched alkanes of at least 4 members (excludes halogenated alkanes) is 6. The molecular weight excluding hydrogens is 232 g/mol. The lowest BCUT2D eigenvalue weighted by atomic mass is 10.1. The molecule has 0 aromatic heterocycles. The van der Waals surface area contributed by atoms with Gasteiger partial charge in [-0.1, -0.05) is 45.4 Å². The predicted octanol–water partition coefficient (Wildman–Crippen LogP) is 4.20. The van der Waals surface area contributed by atoms with Gasteiger partial charge in [0.05, 0.1) is 0 Å². The summed E-state index contributed by atoms with van der Waals surface area (Å²) in [5.74, 6) is 0. The SMILES string of the molecule is C1CCNC1.CCCCCCCCCN1CCCC1. The first-order valence-corrected chi connectivity index (χ1v) is 8.86. The largest absolute Gasteiger partial charge is 0.317 e. The molecule has 0 aromatic rings. The average Bonchev–Trinajstić information content (AvgIpc) is 3.13. The van der Waals surface area contributed by atoms with Crippen LogP contribution in [0.3, 0.4) is 0 Å². The maximum atomic E-state index is 3.22. The molecule has 2 rings (SSSR count). The highest BCUT2D eigenvalue weighted by Gasteiger charge is 2.09. The van der Waals surface area contributed by atoms with Crippen LogP contribution in [0.5, 0.6) is 0 Å². The average molecular weight is 268 g/mol. The van der Waals surface area contributed by atoms with E-state index in [-0.39, 0.29) is 0 Å². The standard InChI is InChI=1S/C13H27N.C4H9N/c1-2-3-4-5-6-7-8-11-14-12-9-10-13-14;1-2-4-5-3-1/h2-13H2,1H3;5H,1-4H2. The van der Waals surface area contributed by atoms with Crippen molar-refractivity contribution in [1.29, 1.82) is 0 Å². The molecule has 2 heterocycles. The lowest BCUT2D eigenvalue weighted by Crippen LogP contribution is -2.20. The fraction of sp³-hybridized carbons (Fsp3) is 1.00. The van der Waals surface area contributed by atoms with Crippen molar-refractivity contribution in [2.75, 3.05) is 32.7 Å². The molecule has 0 radical (unpaired) electrons. The fourth-order valence-corrected chi connectivity index (χ4v) is 2.92. The van der Waals surface area contributed by atoms with Crippen LogP contribution in [0.4, 0.5) is 0 Å². The molecule has 2 fully saturated rings. The molecule has 0 spiro atoms. The number of nitrogens with zero attached hydrogens (tertiary/aromatic N) is 1. The zero-order chi connectivity index (χ0) is 13.6. The van der Waals surface area contributed by atoms with Crippen LogP contribution in [-0.2, 0) is 0 Å². The van der Waals surface area contributed by atoms with E-state index in [0.29, 0.717) is 0 Å². The second-order valence-electron chi connectivity index (χ2n) is 6.13. The van der Waals surface area contributed by atoms with Crippen molar-refractivity contribution in [2.24, 2.45) is 0 Å². The van der Waals surface area contributed by atoms with E-state index in [9.17, 15) is 0 Å². The molecule has 0 bridgehead atoms. The van der Waals surface area contributed by atoms with Crippen LogP contribution in [0.15, 0.2) is 0 Å². The predicted molar refractivity (Wildman–Crippen MR) is 85.8 cm³/mol. The topological polar surface area (TPSA) is 15.3 Å². The summed E-state index contributed by atoms with van der Waals surface area (Å²) in [6, 6.07) is 0. The van der Waals surface area contributed by atoms with Crippen LogP contribution in [0.2, 0.25) is 0 Å². The molecule has 0 unspecified atom stereocenters. The zero-order valence-corrected chi connectivity index (χ0v) is 13.3. The third-order valence-electron chi connectivity index (χ3n) is 4.23. The van der Waals surface area contributed by atoms with Crippen LogP contribution in [-0.4, -0.2) is 37.6 Å². The summed E-state index contributed by atoms with van der Waals surface area (Å²) in [5, 5.41) is 3.22. The monoisotopic (exact) mass is 268 g/mol. The van der Waals surface area contributed by atoms with Crippen molar-refractivity contribution < 1.29 is 0 Å². The first-order valence-electron chi connectivity index (χ1n) is 8.86. The second-order valence-corrected chi connectivity index (χ2v) is 6.13. The number of hydrogen-bond donors (Lipinski definition) is 1. The highest BCUT2D eigenvalue weighted by atomic mass is 15.1. The quantitative estimate of drug-likeness (QED) is 0.664. The van der Waals surface area contributed by atoms with Gasteiger partial charge in [-0.15, -0.1) is 0 Å². The molecule has 2 heteroatoms. The van der Waals surface area contributed by atoms with Gasteiger partial charge in [0.2, 0.25) is 0 Å². The normalized spacial score (nSPS) is 19.4. The summed E-state index contributed by atoms with van der Waals surface area (Å²) >= 11 is 0. The van der Waals surface area contributed by atoms with Gasteiger partial charge in [-0.2, -0.15) is 0 Å². The summed E-state index contributed by atoms with van der Waals surface area (Å²) < 4.78 is 0. The summed E-state index contributed by atoms with van der Waals surface area (Å²) in [7, 11) is 0. The lowest BCUT2D eigenvalue weighted by Gasteiger charge is -2.13. The number of nitrogens with one attached hydrogen (secondary N) is 1. The molecule has 0 amide bonds.